The third kappa shape index (κ3) is 4.98. The molecule has 0 radical (unpaired) electrons. The van der Waals surface area contributed by atoms with Crippen molar-refractivity contribution in [2.24, 2.45) is 0 Å². The van der Waals surface area contributed by atoms with E-state index < -0.39 is 11.8 Å². The summed E-state index contributed by atoms with van der Waals surface area (Å²) in [4.78, 5) is 43.4. The molecule has 5 rings (SSSR count). The number of nitrogens with one attached hydrogen (secondary N) is 1. The number of ether oxygens (including phenoxy) is 2. The molecule has 0 aliphatic carbocycles. The van der Waals surface area contributed by atoms with E-state index in [1.165, 1.54) is 0 Å². The Morgan fingerprint density at radius 1 is 1.00 bits per heavy atom. The van der Waals surface area contributed by atoms with Gasteiger partial charge >= 0.3 is 0 Å². The predicted octanol–water partition coefficient (Wildman–Crippen LogP) is 3.11. The zero-order valence-corrected chi connectivity index (χ0v) is 20.8. The smallest absolute Gasteiger partial charge is 0.256 e. The van der Waals surface area contributed by atoms with Crippen molar-refractivity contribution in [2.75, 3.05) is 32.8 Å². The highest BCUT2D eigenvalue weighted by molar-refractivity contribution is 6.30. The molecule has 0 aromatic heterocycles. The summed E-state index contributed by atoms with van der Waals surface area (Å²) in [6.45, 7) is 2.03. The van der Waals surface area contributed by atoms with Crippen LogP contribution in [0.4, 0.5) is 0 Å². The van der Waals surface area contributed by atoms with Crippen molar-refractivity contribution in [1.29, 1.82) is 0 Å². The van der Waals surface area contributed by atoms with Gasteiger partial charge in [0.2, 0.25) is 5.91 Å². The van der Waals surface area contributed by atoms with E-state index in [0.717, 1.165) is 12.8 Å². The van der Waals surface area contributed by atoms with Crippen molar-refractivity contribution in [1.82, 2.24) is 15.1 Å². The van der Waals surface area contributed by atoms with Crippen LogP contribution in [0, 0.1) is 0 Å². The van der Waals surface area contributed by atoms with Gasteiger partial charge in [0, 0.05) is 55.2 Å². The molecule has 3 fully saturated rings. The van der Waals surface area contributed by atoms with E-state index >= 15 is 0 Å². The van der Waals surface area contributed by atoms with E-state index in [9.17, 15) is 14.4 Å². The minimum absolute atomic E-state index is 0.00393. The SMILES string of the molecule is O=C(NC[C@H]1CCCO1)[C@H]1COC2(CCN(C(=O)c3cccc(Cl)c3)CC2)N1C(=O)c1ccccc1. The molecule has 0 saturated carbocycles. The molecular formula is C27H30ClN3O5. The number of hydrogen-bond donors (Lipinski definition) is 1. The summed E-state index contributed by atoms with van der Waals surface area (Å²) in [6, 6.07) is 15.1. The minimum atomic E-state index is -0.954. The molecule has 3 amide bonds. The van der Waals surface area contributed by atoms with Crippen LogP contribution in [0.5, 0.6) is 0 Å². The van der Waals surface area contributed by atoms with Gasteiger partial charge in [-0.25, -0.2) is 0 Å². The summed E-state index contributed by atoms with van der Waals surface area (Å²) in [5, 5.41) is 3.47. The zero-order valence-electron chi connectivity index (χ0n) is 20.0. The molecule has 0 bridgehead atoms. The van der Waals surface area contributed by atoms with Crippen molar-refractivity contribution >= 4 is 29.3 Å². The standard InChI is InChI=1S/C27H30ClN3O5/c28-21-9-4-8-20(16-21)25(33)30-13-11-27(12-14-30)31(26(34)19-6-2-1-3-7-19)23(18-36-27)24(32)29-17-22-10-5-15-35-22/h1-4,6-9,16,22-23H,5,10-15,17-18H2,(H,29,32)/t22-,23-/m1/s1. The van der Waals surface area contributed by atoms with E-state index in [1.807, 2.05) is 6.07 Å². The number of carbonyl (C=O) groups is 3. The molecule has 9 heteroatoms. The topological polar surface area (TPSA) is 88.2 Å². The normalized spacial score (nSPS) is 23.1. The molecule has 3 aliphatic heterocycles. The zero-order chi connectivity index (χ0) is 25.1. The van der Waals surface area contributed by atoms with Crippen molar-refractivity contribution in [2.45, 2.75) is 43.6 Å². The van der Waals surface area contributed by atoms with E-state index in [2.05, 4.69) is 5.32 Å². The van der Waals surface area contributed by atoms with Gasteiger partial charge in [-0.15, -0.1) is 0 Å². The van der Waals surface area contributed by atoms with Gasteiger partial charge in [0.05, 0.1) is 12.7 Å². The molecule has 36 heavy (non-hydrogen) atoms. The number of rotatable bonds is 5. The molecule has 0 unspecified atom stereocenters. The summed E-state index contributed by atoms with van der Waals surface area (Å²) < 4.78 is 11.9. The summed E-state index contributed by atoms with van der Waals surface area (Å²) >= 11 is 6.07. The fraction of sp³-hybridized carbons (Fsp3) is 0.444. The van der Waals surface area contributed by atoms with E-state index in [4.69, 9.17) is 21.1 Å². The molecule has 8 nitrogen and oxygen atoms in total. The molecule has 1 spiro atoms. The Balaban J connectivity index is 1.33. The summed E-state index contributed by atoms with van der Waals surface area (Å²) in [5.41, 5.74) is 0.0651. The van der Waals surface area contributed by atoms with Gasteiger partial charge in [0.25, 0.3) is 11.8 Å². The van der Waals surface area contributed by atoms with Crippen molar-refractivity contribution in [3.8, 4) is 0 Å². The Kier molecular flexibility index (Phi) is 7.27. The van der Waals surface area contributed by atoms with Gasteiger partial charge in [-0.2, -0.15) is 0 Å². The number of nitrogens with zero attached hydrogens (tertiary/aromatic N) is 2. The number of hydrogen-bond acceptors (Lipinski definition) is 5. The highest BCUT2D eigenvalue weighted by atomic mass is 35.5. The second kappa shape index (κ2) is 10.6. The Labute approximate surface area is 215 Å². The first-order valence-electron chi connectivity index (χ1n) is 12.4. The number of halogens is 1. The molecule has 190 valence electrons. The Bertz CT molecular complexity index is 1110. The molecule has 2 aromatic rings. The van der Waals surface area contributed by atoms with Gasteiger partial charge < -0.3 is 19.7 Å². The fourth-order valence-corrected chi connectivity index (χ4v) is 5.48. The number of amides is 3. The van der Waals surface area contributed by atoms with Crippen LogP contribution in [0.15, 0.2) is 54.6 Å². The van der Waals surface area contributed by atoms with Crippen LogP contribution < -0.4 is 5.32 Å². The second-order valence-electron chi connectivity index (χ2n) is 9.50. The summed E-state index contributed by atoms with van der Waals surface area (Å²) in [6.07, 6.45) is 2.72. The van der Waals surface area contributed by atoms with Gasteiger partial charge in [0.15, 0.2) is 0 Å². The van der Waals surface area contributed by atoms with Gasteiger partial charge in [0.1, 0.15) is 11.8 Å². The number of likely N-dealkylation sites (tertiary alicyclic amines) is 1. The molecule has 3 heterocycles. The molecular weight excluding hydrogens is 482 g/mol. The lowest BCUT2D eigenvalue weighted by atomic mass is 9.96. The quantitative estimate of drug-likeness (QED) is 0.666. The first-order chi connectivity index (χ1) is 17.5. The molecule has 2 aromatic carbocycles. The highest BCUT2D eigenvalue weighted by Gasteiger charge is 2.54. The first-order valence-corrected chi connectivity index (χ1v) is 12.8. The van der Waals surface area contributed by atoms with Crippen LogP contribution in [0.25, 0.3) is 0 Å². The van der Waals surface area contributed by atoms with Crippen molar-refractivity contribution < 1.29 is 23.9 Å². The highest BCUT2D eigenvalue weighted by Crippen LogP contribution is 2.39. The largest absolute Gasteiger partial charge is 0.376 e. The number of benzene rings is 2. The van der Waals surface area contributed by atoms with E-state index in [1.54, 1.807) is 58.3 Å². The van der Waals surface area contributed by atoms with E-state index in [-0.39, 0.29) is 30.4 Å². The van der Waals surface area contributed by atoms with E-state index in [0.29, 0.717) is 55.2 Å². The monoisotopic (exact) mass is 511 g/mol. The van der Waals surface area contributed by atoms with Crippen LogP contribution in [-0.2, 0) is 14.3 Å². The van der Waals surface area contributed by atoms with Crippen molar-refractivity contribution in [3.63, 3.8) is 0 Å². The molecule has 2 atom stereocenters. The van der Waals surface area contributed by atoms with Crippen LogP contribution in [-0.4, -0.2) is 78.2 Å². The predicted molar refractivity (Wildman–Crippen MR) is 134 cm³/mol. The minimum Gasteiger partial charge on any atom is -0.376 e. The Hall–Kier alpha value is -2.94. The van der Waals surface area contributed by atoms with Crippen molar-refractivity contribution in [3.05, 3.63) is 70.7 Å². The molecule has 3 aliphatic rings. The molecule has 3 saturated heterocycles. The lowest BCUT2D eigenvalue weighted by Gasteiger charge is -2.44. The number of piperidine rings is 1. The van der Waals surface area contributed by atoms with Gasteiger partial charge in [-0.1, -0.05) is 35.9 Å². The van der Waals surface area contributed by atoms with Crippen LogP contribution in [0.3, 0.4) is 0 Å². The fourth-order valence-electron chi connectivity index (χ4n) is 5.29. The molecule has 1 N–H and O–H groups in total. The third-order valence-electron chi connectivity index (χ3n) is 7.23. The second-order valence-corrected chi connectivity index (χ2v) is 9.93. The maximum atomic E-state index is 13.7. The Morgan fingerprint density at radius 3 is 2.44 bits per heavy atom. The summed E-state index contributed by atoms with van der Waals surface area (Å²) in [7, 11) is 0. The number of carbonyl (C=O) groups excluding carboxylic acids is 3. The van der Waals surface area contributed by atoms with Crippen LogP contribution in [0.2, 0.25) is 5.02 Å². The Morgan fingerprint density at radius 2 is 1.75 bits per heavy atom. The maximum Gasteiger partial charge on any atom is 0.256 e. The summed E-state index contributed by atoms with van der Waals surface area (Å²) in [5.74, 6) is -0.610. The van der Waals surface area contributed by atoms with Crippen LogP contribution in [0.1, 0.15) is 46.4 Å². The lowest BCUT2D eigenvalue weighted by molar-refractivity contribution is -0.128. The average Bonchev–Trinajstić information content (AvgIpc) is 3.56. The first kappa shape index (κ1) is 24.7. The third-order valence-corrected chi connectivity index (χ3v) is 7.47. The average molecular weight is 512 g/mol. The van der Waals surface area contributed by atoms with Crippen LogP contribution >= 0.6 is 11.6 Å². The van der Waals surface area contributed by atoms with Gasteiger partial charge in [-0.3, -0.25) is 19.3 Å². The van der Waals surface area contributed by atoms with Gasteiger partial charge in [-0.05, 0) is 43.2 Å². The maximum absolute atomic E-state index is 13.7. The lowest BCUT2D eigenvalue weighted by Crippen LogP contribution is -2.60.